The maximum Gasteiger partial charge on any atom is 0.222 e. The molecule has 0 radical (unpaired) electrons. The Hall–Kier alpha value is -1.84. The van der Waals surface area contributed by atoms with Crippen LogP contribution < -0.4 is 4.90 Å². The van der Waals surface area contributed by atoms with Crippen LogP contribution in [0.2, 0.25) is 0 Å². The summed E-state index contributed by atoms with van der Waals surface area (Å²) in [7, 11) is 4.08. The lowest BCUT2D eigenvalue weighted by Gasteiger charge is -2.44. The SMILES string of the molecule is CN(C)c1ccc(C2(c3ccccc3)OCC(C)(C)CO2)cc1. The van der Waals surface area contributed by atoms with Crippen molar-refractivity contribution >= 4 is 5.69 Å². The maximum atomic E-state index is 6.32. The minimum atomic E-state index is -0.818. The molecule has 0 amide bonds. The molecule has 2 aromatic rings. The zero-order chi connectivity index (χ0) is 16.5. The van der Waals surface area contributed by atoms with E-state index in [1.165, 1.54) is 0 Å². The molecule has 0 aliphatic carbocycles. The zero-order valence-corrected chi connectivity index (χ0v) is 14.4. The van der Waals surface area contributed by atoms with Gasteiger partial charge >= 0.3 is 0 Å². The van der Waals surface area contributed by atoms with Crippen LogP contribution in [0.4, 0.5) is 5.69 Å². The average molecular weight is 311 g/mol. The summed E-state index contributed by atoms with van der Waals surface area (Å²) >= 11 is 0. The van der Waals surface area contributed by atoms with E-state index in [9.17, 15) is 0 Å². The van der Waals surface area contributed by atoms with E-state index in [1.54, 1.807) is 0 Å². The van der Waals surface area contributed by atoms with Gasteiger partial charge in [0.15, 0.2) is 0 Å². The Morgan fingerprint density at radius 2 is 1.30 bits per heavy atom. The number of hydrogen-bond donors (Lipinski definition) is 0. The molecular formula is C20H25NO2. The van der Waals surface area contributed by atoms with Gasteiger partial charge in [-0.05, 0) is 12.1 Å². The molecule has 3 rings (SSSR count). The molecule has 1 heterocycles. The lowest BCUT2D eigenvalue weighted by atomic mass is 9.90. The van der Waals surface area contributed by atoms with Crippen LogP contribution in [0.15, 0.2) is 54.6 Å². The molecule has 0 spiro atoms. The van der Waals surface area contributed by atoms with E-state index >= 15 is 0 Å². The van der Waals surface area contributed by atoms with Gasteiger partial charge in [-0.2, -0.15) is 0 Å². The number of rotatable bonds is 3. The first-order valence-corrected chi connectivity index (χ1v) is 8.04. The molecular weight excluding hydrogens is 286 g/mol. The van der Waals surface area contributed by atoms with Gasteiger partial charge in [-0.1, -0.05) is 56.3 Å². The molecule has 0 unspecified atom stereocenters. The maximum absolute atomic E-state index is 6.32. The van der Waals surface area contributed by atoms with Crippen molar-refractivity contribution in [2.24, 2.45) is 5.41 Å². The Morgan fingerprint density at radius 3 is 1.83 bits per heavy atom. The Labute approximate surface area is 138 Å². The summed E-state index contributed by atoms with van der Waals surface area (Å²) in [6.07, 6.45) is 0. The van der Waals surface area contributed by atoms with Crippen LogP contribution in [0.25, 0.3) is 0 Å². The summed E-state index contributed by atoms with van der Waals surface area (Å²) < 4.78 is 12.6. The predicted molar refractivity (Wildman–Crippen MR) is 93.7 cm³/mol. The van der Waals surface area contributed by atoms with Crippen LogP contribution in [0, 0.1) is 5.41 Å². The van der Waals surface area contributed by atoms with Crippen LogP contribution in [-0.2, 0) is 15.3 Å². The molecule has 3 heteroatoms. The highest BCUT2D eigenvalue weighted by Crippen LogP contribution is 2.41. The Balaban J connectivity index is 2.02. The number of ether oxygens (including phenoxy) is 2. The monoisotopic (exact) mass is 311 g/mol. The molecule has 0 N–H and O–H groups in total. The lowest BCUT2D eigenvalue weighted by molar-refractivity contribution is -0.284. The van der Waals surface area contributed by atoms with E-state index in [-0.39, 0.29) is 5.41 Å². The van der Waals surface area contributed by atoms with E-state index < -0.39 is 5.79 Å². The van der Waals surface area contributed by atoms with Gasteiger partial charge in [-0.3, -0.25) is 0 Å². The second kappa shape index (κ2) is 5.99. The van der Waals surface area contributed by atoms with Crippen LogP contribution in [0.3, 0.4) is 0 Å². The molecule has 1 fully saturated rings. The highest BCUT2D eigenvalue weighted by atomic mass is 16.7. The first kappa shape index (κ1) is 16.0. The van der Waals surface area contributed by atoms with Crippen molar-refractivity contribution in [1.82, 2.24) is 0 Å². The summed E-state index contributed by atoms with van der Waals surface area (Å²) in [5, 5.41) is 0. The van der Waals surface area contributed by atoms with Crippen molar-refractivity contribution in [3.05, 3.63) is 65.7 Å². The Kier molecular flexibility index (Phi) is 4.17. The fourth-order valence-electron chi connectivity index (χ4n) is 2.81. The standard InChI is InChI=1S/C20H25NO2/c1-19(2)14-22-20(23-15-19,16-8-6-5-7-9-16)17-10-12-18(13-11-17)21(3)4/h5-13H,14-15H2,1-4H3. The quantitative estimate of drug-likeness (QED) is 0.854. The van der Waals surface area contributed by atoms with Gasteiger partial charge in [0.25, 0.3) is 0 Å². The van der Waals surface area contributed by atoms with Gasteiger partial charge in [0.2, 0.25) is 5.79 Å². The number of nitrogens with zero attached hydrogens (tertiary/aromatic N) is 1. The van der Waals surface area contributed by atoms with Crippen molar-refractivity contribution in [3.63, 3.8) is 0 Å². The molecule has 1 saturated heterocycles. The van der Waals surface area contributed by atoms with E-state index in [0.717, 1.165) is 16.8 Å². The third-order valence-corrected chi connectivity index (χ3v) is 4.25. The van der Waals surface area contributed by atoms with E-state index in [4.69, 9.17) is 9.47 Å². The van der Waals surface area contributed by atoms with Crippen molar-refractivity contribution in [2.75, 3.05) is 32.2 Å². The highest BCUT2D eigenvalue weighted by Gasteiger charge is 2.43. The highest BCUT2D eigenvalue weighted by molar-refractivity contribution is 5.48. The van der Waals surface area contributed by atoms with Gasteiger partial charge in [0.1, 0.15) is 0 Å². The fraction of sp³-hybridized carbons (Fsp3) is 0.400. The van der Waals surface area contributed by atoms with Crippen LogP contribution >= 0.6 is 0 Å². The first-order chi connectivity index (χ1) is 10.9. The lowest BCUT2D eigenvalue weighted by Crippen LogP contribution is -2.46. The smallest absolute Gasteiger partial charge is 0.222 e. The molecule has 2 aromatic carbocycles. The molecule has 1 aliphatic rings. The molecule has 0 saturated carbocycles. The molecule has 1 aliphatic heterocycles. The van der Waals surface area contributed by atoms with E-state index in [1.807, 2.05) is 32.3 Å². The minimum absolute atomic E-state index is 0.0296. The van der Waals surface area contributed by atoms with Gasteiger partial charge in [0.05, 0.1) is 13.2 Å². The third-order valence-electron chi connectivity index (χ3n) is 4.25. The molecule has 0 atom stereocenters. The van der Waals surface area contributed by atoms with Crippen LogP contribution in [0.5, 0.6) is 0 Å². The van der Waals surface area contributed by atoms with Gasteiger partial charge in [0, 0.05) is 36.3 Å². The third kappa shape index (κ3) is 3.12. The largest absolute Gasteiger partial charge is 0.378 e. The molecule has 122 valence electrons. The molecule has 23 heavy (non-hydrogen) atoms. The molecule has 3 nitrogen and oxygen atoms in total. The van der Waals surface area contributed by atoms with E-state index in [2.05, 4.69) is 55.1 Å². The Morgan fingerprint density at radius 1 is 0.783 bits per heavy atom. The fourth-order valence-corrected chi connectivity index (χ4v) is 2.81. The first-order valence-electron chi connectivity index (χ1n) is 8.04. The number of hydrogen-bond acceptors (Lipinski definition) is 3. The van der Waals surface area contributed by atoms with Crippen molar-refractivity contribution in [1.29, 1.82) is 0 Å². The van der Waals surface area contributed by atoms with Gasteiger partial charge in [-0.25, -0.2) is 0 Å². The van der Waals surface area contributed by atoms with Gasteiger partial charge in [-0.15, -0.1) is 0 Å². The normalized spacial score (nSPS) is 19.3. The topological polar surface area (TPSA) is 21.7 Å². The number of anilines is 1. The summed E-state index contributed by atoms with van der Waals surface area (Å²) in [5.41, 5.74) is 3.26. The summed E-state index contributed by atoms with van der Waals surface area (Å²) in [5.74, 6) is -0.818. The van der Waals surface area contributed by atoms with Crippen LogP contribution in [-0.4, -0.2) is 27.3 Å². The minimum Gasteiger partial charge on any atom is -0.378 e. The van der Waals surface area contributed by atoms with Crippen molar-refractivity contribution < 1.29 is 9.47 Å². The zero-order valence-electron chi connectivity index (χ0n) is 14.4. The van der Waals surface area contributed by atoms with Gasteiger partial charge < -0.3 is 14.4 Å². The van der Waals surface area contributed by atoms with Crippen molar-refractivity contribution in [3.8, 4) is 0 Å². The van der Waals surface area contributed by atoms with E-state index in [0.29, 0.717) is 13.2 Å². The summed E-state index contributed by atoms with van der Waals surface area (Å²) in [6, 6.07) is 18.6. The Bertz CT molecular complexity index is 637. The number of benzene rings is 2. The summed E-state index contributed by atoms with van der Waals surface area (Å²) in [4.78, 5) is 2.09. The van der Waals surface area contributed by atoms with Crippen molar-refractivity contribution in [2.45, 2.75) is 19.6 Å². The molecule has 0 aromatic heterocycles. The second-order valence-corrected chi connectivity index (χ2v) is 7.17. The molecule has 0 bridgehead atoms. The second-order valence-electron chi connectivity index (χ2n) is 7.17. The predicted octanol–water partition coefficient (Wildman–Crippen LogP) is 4.03. The summed E-state index contributed by atoms with van der Waals surface area (Å²) in [6.45, 7) is 5.66. The average Bonchev–Trinajstić information content (AvgIpc) is 2.56. The van der Waals surface area contributed by atoms with Crippen LogP contribution in [0.1, 0.15) is 25.0 Å².